The van der Waals surface area contributed by atoms with E-state index in [0.717, 1.165) is 41.2 Å². The van der Waals surface area contributed by atoms with Crippen LogP contribution in [0.25, 0.3) is 0 Å². The number of nitriles is 1. The van der Waals surface area contributed by atoms with Crippen molar-refractivity contribution >= 4 is 30.4 Å². The van der Waals surface area contributed by atoms with Crippen LogP contribution in [0, 0.1) is 11.3 Å². The van der Waals surface area contributed by atoms with Gasteiger partial charge in [0.05, 0.1) is 11.7 Å². The topological polar surface area (TPSA) is 60.6 Å². The summed E-state index contributed by atoms with van der Waals surface area (Å²) in [5.74, 6) is 2.51. The van der Waals surface area contributed by atoms with Crippen molar-refractivity contribution in [3.63, 3.8) is 0 Å². The zero-order valence-electron chi connectivity index (χ0n) is 22.0. The number of nitrogens with one attached hydrogen (secondary N) is 1. The molecule has 2 fully saturated rings. The van der Waals surface area contributed by atoms with Gasteiger partial charge in [0.25, 0.3) is 0 Å². The largest absolute Gasteiger partial charge is 0.490 e. The van der Waals surface area contributed by atoms with E-state index in [-0.39, 0.29) is 6.10 Å². The number of thioether (sulfide) groups is 1. The Labute approximate surface area is 231 Å². The molecule has 1 unspecified atom stereocenters. The molecule has 5 nitrogen and oxygen atoms in total. The molecule has 196 valence electrons. The molecule has 0 bridgehead atoms. The first-order valence-corrected chi connectivity index (χ1v) is 15.2. The van der Waals surface area contributed by atoms with E-state index in [0.29, 0.717) is 17.4 Å². The zero-order chi connectivity index (χ0) is 26.0. The van der Waals surface area contributed by atoms with E-state index in [1.54, 1.807) is 11.8 Å². The molecule has 0 radical (unpaired) electrons. The van der Waals surface area contributed by atoms with Crippen LogP contribution in [0.4, 0.5) is 0 Å². The monoisotopic (exact) mass is 534 g/mol. The standard InChI is InChI=1S/C30H38N4OS2/c1-22(2)35-29-13-10-23(18-24(29)19-31)21-36-30(20-32-3)27-9-5-4-8-26-25(27)11-12-28(26)33-37-17-16-34-14-6-7-15-34/h5,8-10,13,18,20,22,28,33H,3-4,6-7,11-12,14-17,21H2,1-2H3/b30-20-. The quantitative estimate of drug-likeness (QED) is 0.181. The highest BCUT2D eigenvalue weighted by Gasteiger charge is 2.29. The summed E-state index contributed by atoms with van der Waals surface area (Å²) in [7, 11) is 0. The van der Waals surface area contributed by atoms with E-state index in [1.807, 2.05) is 50.2 Å². The van der Waals surface area contributed by atoms with Gasteiger partial charge in [0.15, 0.2) is 0 Å². The number of likely N-dealkylation sites (tertiary alicyclic amines) is 1. The predicted octanol–water partition coefficient (Wildman–Crippen LogP) is 6.80. The first-order valence-electron chi connectivity index (χ1n) is 13.3. The van der Waals surface area contributed by atoms with Gasteiger partial charge >= 0.3 is 0 Å². The van der Waals surface area contributed by atoms with Gasteiger partial charge in [-0.1, -0.05) is 36.2 Å². The molecular formula is C30H38N4OS2. The lowest BCUT2D eigenvalue weighted by atomic mass is 10.0. The Balaban J connectivity index is 1.43. The van der Waals surface area contributed by atoms with Gasteiger partial charge in [0.2, 0.25) is 0 Å². The van der Waals surface area contributed by atoms with E-state index in [4.69, 9.17) is 4.74 Å². The highest BCUT2D eigenvalue weighted by atomic mass is 32.2. The van der Waals surface area contributed by atoms with Crippen molar-refractivity contribution in [2.24, 2.45) is 4.99 Å². The van der Waals surface area contributed by atoms with Crippen LogP contribution in [0.5, 0.6) is 5.75 Å². The Morgan fingerprint density at radius 3 is 2.95 bits per heavy atom. The summed E-state index contributed by atoms with van der Waals surface area (Å²) in [5, 5.41) is 9.61. The number of fused-ring (bicyclic) bond motifs is 1. The van der Waals surface area contributed by atoms with E-state index >= 15 is 0 Å². The van der Waals surface area contributed by atoms with Crippen LogP contribution in [0.1, 0.15) is 57.1 Å². The molecular weight excluding hydrogens is 496 g/mol. The molecule has 0 amide bonds. The Bertz CT molecular complexity index is 1120. The lowest BCUT2D eigenvalue weighted by Crippen LogP contribution is -2.26. The Morgan fingerprint density at radius 2 is 2.19 bits per heavy atom. The van der Waals surface area contributed by atoms with Gasteiger partial charge in [-0.3, -0.25) is 9.71 Å². The summed E-state index contributed by atoms with van der Waals surface area (Å²) in [5.41, 5.74) is 5.78. The third-order valence-electron chi connectivity index (χ3n) is 6.82. The van der Waals surface area contributed by atoms with Gasteiger partial charge in [0.1, 0.15) is 11.8 Å². The number of hydrogen-bond donors (Lipinski definition) is 1. The van der Waals surface area contributed by atoms with Crippen LogP contribution in [0.2, 0.25) is 0 Å². The summed E-state index contributed by atoms with van der Waals surface area (Å²) >= 11 is 3.62. The third kappa shape index (κ3) is 7.64. The van der Waals surface area contributed by atoms with Crippen LogP contribution in [0.15, 0.2) is 69.2 Å². The van der Waals surface area contributed by atoms with Crippen LogP contribution in [-0.4, -0.2) is 49.2 Å². The molecule has 0 spiro atoms. The second-order valence-corrected chi connectivity index (χ2v) is 11.8. The number of aliphatic imine (C=N–C) groups is 1. The maximum absolute atomic E-state index is 9.61. The van der Waals surface area contributed by atoms with E-state index in [9.17, 15) is 5.26 Å². The van der Waals surface area contributed by atoms with Gasteiger partial charge < -0.3 is 9.64 Å². The van der Waals surface area contributed by atoms with Gasteiger partial charge in [0, 0.05) is 35.2 Å². The maximum Gasteiger partial charge on any atom is 0.137 e. The van der Waals surface area contributed by atoms with Crippen LogP contribution >= 0.6 is 23.7 Å². The van der Waals surface area contributed by atoms with E-state index in [1.165, 1.54) is 49.2 Å². The number of nitrogens with zero attached hydrogens (tertiary/aromatic N) is 3. The van der Waals surface area contributed by atoms with Crippen molar-refractivity contribution in [3.05, 3.63) is 75.4 Å². The first-order chi connectivity index (χ1) is 18.1. The highest BCUT2D eigenvalue weighted by molar-refractivity contribution is 8.02. The highest BCUT2D eigenvalue weighted by Crippen LogP contribution is 2.41. The van der Waals surface area contributed by atoms with Crippen molar-refractivity contribution < 1.29 is 4.74 Å². The molecule has 7 heteroatoms. The Hall–Kier alpha value is -2.24. The average Bonchev–Trinajstić information content (AvgIpc) is 3.50. The Morgan fingerprint density at radius 1 is 1.35 bits per heavy atom. The fourth-order valence-corrected chi connectivity index (χ4v) is 6.98. The molecule has 37 heavy (non-hydrogen) atoms. The number of hydrogen-bond acceptors (Lipinski definition) is 7. The van der Waals surface area contributed by atoms with Crippen molar-refractivity contribution in [3.8, 4) is 11.8 Å². The number of rotatable bonds is 12. The molecule has 1 saturated carbocycles. The fourth-order valence-electron chi connectivity index (χ4n) is 5.07. The van der Waals surface area contributed by atoms with Crippen LogP contribution in [0.3, 0.4) is 0 Å². The molecule has 1 N–H and O–H groups in total. The summed E-state index contributed by atoms with van der Waals surface area (Å²) in [6.45, 7) is 11.4. The van der Waals surface area contributed by atoms with Crippen molar-refractivity contribution in [1.29, 1.82) is 5.26 Å². The van der Waals surface area contributed by atoms with E-state index in [2.05, 4.69) is 45.6 Å². The normalized spacial score (nSPS) is 20.1. The SMILES string of the molecule is C=N/C=C(\SCc1ccc(OC(C)C)c(C#N)c1)C1=C2CCC(NSCCN3CCCC3)C2=CCC=C1. The lowest BCUT2D eigenvalue weighted by Gasteiger charge is -2.18. The number of ether oxygens (including phenoxy) is 1. The van der Waals surface area contributed by atoms with Gasteiger partial charge in [-0.25, -0.2) is 0 Å². The molecule has 4 rings (SSSR count). The number of allylic oxidation sites excluding steroid dienone is 4. The summed E-state index contributed by atoms with van der Waals surface area (Å²) in [6, 6.07) is 8.56. The van der Waals surface area contributed by atoms with Crippen LogP contribution < -0.4 is 9.46 Å². The Kier molecular flexibility index (Phi) is 10.6. The minimum absolute atomic E-state index is 0.0337. The summed E-state index contributed by atoms with van der Waals surface area (Å²) in [6.07, 6.45) is 14.6. The molecule has 1 aliphatic heterocycles. The van der Waals surface area contributed by atoms with Gasteiger partial charge in [-0.05, 0) is 100 Å². The third-order valence-corrected chi connectivity index (χ3v) is 8.77. The molecule has 1 heterocycles. The maximum atomic E-state index is 9.61. The molecule has 1 atom stereocenters. The average molecular weight is 535 g/mol. The minimum atomic E-state index is 0.0337. The van der Waals surface area contributed by atoms with Crippen LogP contribution in [-0.2, 0) is 5.75 Å². The second-order valence-electron chi connectivity index (χ2n) is 9.87. The first kappa shape index (κ1) is 27.8. The lowest BCUT2D eigenvalue weighted by molar-refractivity contribution is 0.241. The van der Waals surface area contributed by atoms with E-state index < -0.39 is 0 Å². The van der Waals surface area contributed by atoms with Crippen molar-refractivity contribution in [2.75, 3.05) is 25.4 Å². The molecule has 1 saturated heterocycles. The molecule has 1 aromatic rings. The van der Waals surface area contributed by atoms with Crippen molar-refractivity contribution in [2.45, 2.75) is 63.9 Å². The predicted molar refractivity (Wildman–Crippen MR) is 159 cm³/mol. The summed E-state index contributed by atoms with van der Waals surface area (Å²) < 4.78 is 9.55. The molecule has 0 aromatic heterocycles. The summed E-state index contributed by atoms with van der Waals surface area (Å²) in [4.78, 5) is 7.84. The number of benzene rings is 1. The molecule has 2 aliphatic carbocycles. The smallest absolute Gasteiger partial charge is 0.137 e. The van der Waals surface area contributed by atoms with Crippen molar-refractivity contribution in [1.82, 2.24) is 9.62 Å². The molecule has 1 aromatic carbocycles. The van der Waals surface area contributed by atoms with Gasteiger partial charge in [-0.2, -0.15) is 5.26 Å². The minimum Gasteiger partial charge on any atom is -0.490 e. The molecule has 3 aliphatic rings. The fraction of sp³-hybridized carbons (Fsp3) is 0.467. The van der Waals surface area contributed by atoms with Gasteiger partial charge in [-0.15, -0.1) is 11.8 Å². The zero-order valence-corrected chi connectivity index (χ0v) is 23.7. The second kappa shape index (κ2) is 14.1.